The van der Waals surface area contributed by atoms with E-state index in [0.29, 0.717) is 29.2 Å². The number of nitro groups is 1. The van der Waals surface area contributed by atoms with Crippen LogP contribution in [0.4, 0.5) is 11.5 Å². The summed E-state index contributed by atoms with van der Waals surface area (Å²) in [6.07, 6.45) is 3.19. The highest BCUT2D eigenvalue weighted by molar-refractivity contribution is 6.01. The Morgan fingerprint density at radius 3 is 2.61 bits per heavy atom. The third kappa shape index (κ3) is 3.75. The van der Waals surface area contributed by atoms with Gasteiger partial charge in [0, 0.05) is 24.0 Å². The topological polar surface area (TPSA) is 106 Å². The van der Waals surface area contributed by atoms with Gasteiger partial charge < -0.3 is 0 Å². The summed E-state index contributed by atoms with van der Waals surface area (Å²) in [5.74, 6) is 0.574. The third-order valence-electron chi connectivity index (χ3n) is 4.40. The summed E-state index contributed by atoms with van der Waals surface area (Å²) >= 11 is 0. The molecule has 0 fully saturated rings. The fourth-order valence-electron chi connectivity index (χ4n) is 3.00. The molecule has 0 spiro atoms. The van der Waals surface area contributed by atoms with E-state index >= 15 is 0 Å². The second-order valence-electron chi connectivity index (χ2n) is 6.47. The minimum atomic E-state index is -0.471. The molecule has 1 aromatic carbocycles. The van der Waals surface area contributed by atoms with Gasteiger partial charge in [-0.2, -0.15) is 0 Å². The fourth-order valence-corrected chi connectivity index (χ4v) is 3.00. The number of rotatable bonds is 6. The minimum absolute atomic E-state index is 0.0271. The van der Waals surface area contributed by atoms with Crippen molar-refractivity contribution in [3.8, 4) is 5.69 Å². The zero-order valence-corrected chi connectivity index (χ0v) is 16.0. The Kier molecular flexibility index (Phi) is 5.49. The first-order chi connectivity index (χ1) is 13.4. The molecule has 144 valence electrons. The van der Waals surface area contributed by atoms with E-state index in [0.717, 1.165) is 17.7 Å². The molecule has 3 aromatic rings. The maximum Gasteiger partial charge on any atom is 0.280 e. The molecular formula is C20H21N5O3. The van der Waals surface area contributed by atoms with Crippen LogP contribution in [0.5, 0.6) is 0 Å². The fraction of sp³-hybridized carbons (Fsp3) is 0.250. The number of aryl methyl sites for hydroxylation is 2. The van der Waals surface area contributed by atoms with Gasteiger partial charge >= 0.3 is 0 Å². The number of nitro benzene ring substituents is 1. The molecule has 0 aliphatic heterocycles. The van der Waals surface area contributed by atoms with Crippen LogP contribution in [0.1, 0.15) is 37.1 Å². The number of aromatic nitrogens is 3. The monoisotopic (exact) mass is 379 g/mol. The van der Waals surface area contributed by atoms with E-state index in [1.807, 2.05) is 26.0 Å². The van der Waals surface area contributed by atoms with Crippen molar-refractivity contribution in [3.63, 3.8) is 0 Å². The number of aliphatic imine (C=N–C) groups is 1. The van der Waals surface area contributed by atoms with Crippen LogP contribution < -0.4 is 5.56 Å². The smallest absolute Gasteiger partial charge is 0.280 e. The number of H-pyrrole nitrogens is 1. The maximum atomic E-state index is 13.1. The van der Waals surface area contributed by atoms with Crippen molar-refractivity contribution >= 4 is 17.2 Å². The number of aromatic amines is 1. The largest absolute Gasteiger partial charge is 0.294 e. The van der Waals surface area contributed by atoms with Gasteiger partial charge in [0.1, 0.15) is 0 Å². The standard InChI is InChI=1S/C20H21N5O3/c1-4-6-17-18(14(3)22-19-13(2)7-5-12-21-19)20(26)24(23-17)15-8-10-16(11-9-15)25(27)28/h5,7-12,23H,4,6H2,1-3H3/b22-14+. The first-order valence-corrected chi connectivity index (χ1v) is 8.98. The molecule has 0 aliphatic rings. The van der Waals surface area contributed by atoms with Gasteiger partial charge in [-0.25, -0.2) is 14.7 Å². The number of pyridine rings is 1. The zero-order chi connectivity index (χ0) is 20.3. The number of hydrogen-bond donors (Lipinski definition) is 1. The predicted molar refractivity (Wildman–Crippen MR) is 108 cm³/mol. The molecule has 2 aromatic heterocycles. The Morgan fingerprint density at radius 2 is 2.00 bits per heavy atom. The van der Waals surface area contributed by atoms with Crippen molar-refractivity contribution in [3.05, 3.63) is 79.9 Å². The quantitative estimate of drug-likeness (QED) is 0.398. The number of non-ortho nitro benzene ring substituents is 1. The Bertz CT molecular complexity index is 1090. The summed E-state index contributed by atoms with van der Waals surface area (Å²) in [6, 6.07) is 9.60. The van der Waals surface area contributed by atoms with Crippen molar-refractivity contribution < 1.29 is 4.92 Å². The van der Waals surface area contributed by atoms with Gasteiger partial charge in [-0.15, -0.1) is 0 Å². The van der Waals surface area contributed by atoms with Crippen molar-refractivity contribution in [2.45, 2.75) is 33.6 Å². The first kappa shape index (κ1) is 19.2. The van der Waals surface area contributed by atoms with Gasteiger partial charge in [0.05, 0.1) is 21.9 Å². The van der Waals surface area contributed by atoms with Crippen LogP contribution in [0.25, 0.3) is 5.69 Å². The summed E-state index contributed by atoms with van der Waals surface area (Å²) in [5.41, 5.74) is 3.04. The highest BCUT2D eigenvalue weighted by Crippen LogP contribution is 2.18. The Balaban J connectivity index is 2.10. The maximum absolute atomic E-state index is 13.1. The van der Waals surface area contributed by atoms with Crippen LogP contribution in [0.2, 0.25) is 0 Å². The summed E-state index contributed by atoms with van der Waals surface area (Å²) in [7, 11) is 0. The lowest BCUT2D eigenvalue weighted by atomic mass is 10.1. The highest BCUT2D eigenvalue weighted by atomic mass is 16.6. The molecule has 0 bridgehead atoms. The molecule has 2 heterocycles. The number of hydrogen-bond acceptors (Lipinski definition) is 5. The molecule has 0 radical (unpaired) electrons. The average molecular weight is 379 g/mol. The van der Waals surface area contributed by atoms with Crippen LogP contribution in [0, 0.1) is 17.0 Å². The van der Waals surface area contributed by atoms with Gasteiger partial charge in [0.2, 0.25) is 0 Å². The molecule has 0 saturated heterocycles. The second-order valence-corrected chi connectivity index (χ2v) is 6.47. The van der Waals surface area contributed by atoms with Crippen LogP contribution >= 0.6 is 0 Å². The molecule has 0 saturated carbocycles. The lowest BCUT2D eigenvalue weighted by Crippen LogP contribution is -2.19. The highest BCUT2D eigenvalue weighted by Gasteiger charge is 2.18. The second kappa shape index (κ2) is 7.99. The summed E-state index contributed by atoms with van der Waals surface area (Å²) < 4.78 is 1.40. The van der Waals surface area contributed by atoms with E-state index in [-0.39, 0.29) is 11.2 Å². The Labute approximate surface area is 161 Å². The molecule has 0 amide bonds. The number of nitrogens with one attached hydrogen (secondary N) is 1. The van der Waals surface area contributed by atoms with Crippen LogP contribution in [0.3, 0.4) is 0 Å². The van der Waals surface area contributed by atoms with Gasteiger partial charge in [0.25, 0.3) is 11.2 Å². The first-order valence-electron chi connectivity index (χ1n) is 8.98. The summed E-state index contributed by atoms with van der Waals surface area (Å²) in [5, 5.41) is 14.0. The van der Waals surface area contributed by atoms with E-state index in [2.05, 4.69) is 15.1 Å². The normalized spacial score (nSPS) is 11.6. The number of benzene rings is 1. The van der Waals surface area contributed by atoms with Gasteiger partial charge in [-0.1, -0.05) is 19.4 Å². The van der Waals surface area contributed by atoms with Crippen molar-refractivity contribution in [2.24, 2.45) is 4.99 Å². The predicted octanol–water partition coefficient (Wildman–Crippen LogP) is 3.87. The SMILES string of the molecule is CCCc1[nH]n(-c2ccc([N+](=O)[O-])cc2)c(=O)c1/C(C)=N/c1ncccc1C. The summed E-state index contributed by atoms with van der Waals surface area (Å²) in [6.45, 7) is 5.73. The Morgan fingerprint density at radius 1 is 1.29 bits per heavy atom. The lowest BCUT2D eigenvalue weighted by Gasteiger charge is -2.02. The summed E-state index contributed by atoms with van der Waals surface area (Å²) in [4.78, 5) is 32.3. The van der Waals surface area contributed by atoms with Gasteiger partial charge in [0.15, 0.2) is 5.82 Å². The van der Waals surface area contributed by atoms with Gasteiger partial charge in [-0.3, -0.25) is 20.0 Å². The van der Waals surface area contributed by atoms with Crippen LogP contribution in [0.15, 0.2) is 52.4 Å². The molecule has 8 nitrogen and oxygen atoms in total. The minimum Gasteiger partial charge on any atom is -0.294 e. The van der Waals surface area contributed by atoms with Crippen molar-refractivity contribution in [1.29, 1.82) is 0 Å². The Hall–Kier alpha value is -3.55. The average Bonchev–Trinajstić information content (AvgIpc) is 3.00. The number of nitrogens with zero attached hydrogens (tertiary/aromatic N) is 4. The van der Waals surface area contributed by atoms with E-state index in [4.69, 9.17) is 0 Å². The van der Waals surface area contributed by atoms with E-state index in [1.54, 1.807) is 25.3 Å². The molecular weight excluding hydrogens is 358 g/mol. The zero-order valence-electron chi connectivity index (χ0n) is 16.0. The van der Waals surface area contributed by atoms with E-state index in [1.165, 1.54) is 16.8 Å². The molecule has 3 rings (SSSR count). The molecule has 1 N–H and O–H groups in total. The molecule has 0 atom stereocenters. The van der Waals surface area contributed by atoms with E-state index < -0.39 is 4.92 Å². The third-order valence-corrected chi connectivity index (χ3v) is 4.40. The van der Waals surface area contributed by atoms with Crippen molar-refractivity contribution in [1.82, 2.24) is 14.8 Å². The molecule has 8 heteroatoms. The molecule has 28 heavy (non-hydrogen) atoms. The lowest BCUT2D eigenvalue weighted by molar-refractivity contribution is -0.384. The van der Waals surface area contributed by atoms with Gasteiger partial charge in [-0.05, 0) is 44.0 Å². The molecule has 0 unspecified atom stereocenters. The van der Waals surface area contributed by atoms with E-state index in [9.17, 15) is 14.9 Å². The van der Waals surface area contributed by atoms with Crippen LogP contribution in [-0.2, 0) is 6.42 Å². The van der Waals surface area contributed by atoms with Crippen molar-refractivity contribution in [2.75, 3.05) is 0 Å². The molecule has 0 aliphatic carbocycles. The van der Waals surface area contributed by atoms with Crippen LogP contribution in [-0.4, -0.2) is 25.4 Å².